The van der Waals surface area contributed by atoms with Gasteiger partial charge in [-0.15, -0.1) is 0 Å². The number of aromatic nitrogens is 1. The maximum atomic E-state index is 4.50. The SMILES string of the molecule is CNC(Cc1ncccc1C)c1cc(C)ccc1C. The molecule has 1 atom stereocenters. The summed E-state index contributed by atoms with van der Waals surface area (Å²) in [6, 6.07) is 11.1. The molecule has 19 heavy (non-hydrogen) atoms. The van der Waals surface area contributed by atoms with Crippen LogP contribution in [0.4, 0.5) is 0 Å². The van der Waals surface area contributed by atoms with Crippen LogP contribution in [0.2, 0.25) is 0 Å². The molecule has 1 N–H and O–H groups in total. The van der Waals surface area contributed by atoms with Crippen LogP contribution < -0.4 is 5.32 Å². The smallest absolute Gasteiger partial charge is 0.0451 e. The predicted octanol–water partition coefficient (Wildman–Crippen LogP) is 3.51. The summed E-state index contributed by atoms with van der Waals surface area (Å²) in [6.07, 6.45) is 2.80. The summed E-state index contributed by atoms with van der Waals surface area (Å²) in [5.74, 6) is 0. The second-order valence-electron chi connectivity index (χ2n) is 5.17. The minimum Gasteiger partial charge on any atom is -0.313 e. The van der Waals surface area contributed by atoms with Crippen molar-refractivity contribution < 1.29 is 0 Å². The molecule has 0 spiro atoms. The van der Waals surface area contributed by atoms with Crippen molar-refractivity contribution in [2.24, 2.45) is 0 Å². The molecule has 0 aliphatic heterocycles. The number of nitrogens with zero attached hydrogens (tertiary/aromatic N) is 1. The summed E-state index contributed by atoms with van der Waals surface area (Å²) in [6.45, 7) is 6.43. The molecule has 0 saturated heterocycles. The van der Waals surface area contributed by atoms with Crippen LogP contribution in [-0.4, -0.2) is 12.0 Å². The van der Waals surface area contributed by atoms with Crippen LogP contribution >= 0.6 is 0 Å². The highest BCUT2D eigenvalue weighted by molar-refractivity contribution is 5.34. The van der Waals surface area contributed by atoms with Gasteiger partial charge in [-0.1, -0.05) is 29.8 Å². The van der Waals surface area contributed by atoms with Gasteiger partial charge in [0.15, 0.2) is 0 Å². The molecule has 0 bridgehead atoms. The van der Waals surface area contributed by atoms with Gasteiger partial charge in [0.1, 0.15) is 0 Å². The standard InChI is InChI=1S/C17H22N2/c1-12-7-8-13(2)15(10-12)17(18-4)11-16-14(3)6-5-9-19-16/h5-10,17-18H,11H2,1-4H3. The van der Waals surface area contributed by atoms with E-state index >= 15 is 0 Å². The zero-order valence-electron chi connectivity index (χ0n) is 12.2. The molecule has 0 radical (unpaired) electrons. The fraction of sp³-hybridized carbons (Fsp3) is 0.353. The molecule has 2 aromatic rings. The van der Waals surface area contributed by atoms with Gasteiger partial charge in [-0.3, -0.25) is 4.98 Å². The fourth-order valence-electron chi connectivity index (χ4n) is 2.43. The lowest BCUT2D eigenvalue weighted by atomic mass is 9.94. The number of benzene rings is 1. The molecule has 0 fully saturated rings. The topological polar surface area (TPSA) is 24.9 Å². The maximum absolute atomic E-state index is 4.50. The minimum absolute atomic E-state index is 0.313. The maximum Gasteiger partial charge on any atom is 0.0451 e. The molecule has 2 nitrogen and oxygen atoms in total. The highest BCUT2D eigenvalue weighted by Crippen LogP contribution is 2.23. The number of hydrogen-bond acceptors (Lipinski definition) is 2. The second-order valence-corrected chi connectivity index (χ2v) is 5.17. The van der Waals surface area contributed by atoms with Crippen LogP contribution in [0.5, 0.6) is 0 Å². The van der Waals surface area contributed by atoms with Crippen molar-refractivity contribution in [1.82, 2.24) is 10.3 Å². The Morgan fingerprint density at radius 2 is 1.89 bits per heavy atom. The highest BCUT2D eigenvalue weighted by atomic mass is 14.9. The Balaban J connectivity index is 2.30. The van der Waals surface area contributed by atoms with Gasteiger partial charge in [0.25, 0.3) is 0 Å². The third-order valence-corrected chi connectivity index (χ3v) is 3.67. The number of likely N-dealkylation sites (N-methyl/N-ethyl adjacent to an activating group) is 1. The lowest BCUT2D eigenvalue weighted by Gasteiger charge is -2.20. The Kier molecular flexibility index (Phi) is 4.33. The second kappa shape index (κ2) is 5.98. The highest BCUT2D eigenvalue weighted by Gasteiger charge is 2.14. The monoisotopic (exact) mass is 254 g/mol. The van der Waals surface area contributed by atoms with Gasteiger partial charge in [0, 0.05) is 24.4 Å². The Morgan fingerprint density at radius 3 is 2.58 bits per heavy atom. The first-order valence-electron chi connectivity index (χ1n) is 6.76. The van der Waals surface area contributed by atoms with Gasteiger partial charge < -0.3 is 5.32 Å². The van der Waals surface area contributed by atoms with E-state index in [1.807, 2.05) is 19.3 Å². The van der Waals surface area contributed by atoms with Gasteiger partial charge in [-0.2, -0.15) is 0 Å². The first kappa shape index (κ1) is 13.8. The van der Waals surface area contributed by atoms with E-state index in [4.69, 9.17) is 0 Å². The largest absolute Gasteiger partial charge is 0.313 e. The summed E-state index contributed by atoms with van der Waals surface area (Å²) in [5.41, 5.74) is 6.43. The quantitative estimate of drug-likeness (QED) is 0.903. The van der Waals surface area contributed by atoms with Crippen molar-refractivity contribution in [3.63, 3.8) is 0 Å². The van der Waals surface area contributed by atoms with Crippen LogP contribution in [0.3, 0.4) is 0 Å². The van der Waals surface area contributed by atoms with E-state index in [2.05, 4.69) is 55.3 Å². The Hall–Kier alpha value is -1.67. The molecular weight excluding hydrogens is 232 g/mol. The number of nitrogens with one attached hydrogen (secondary N) is 1. The molecule has 0 aliphatic rings. The van der Waals surface area contributed by atoms with Gasteiger partial charge in [-0.25, -0.2) is 0 Å². The van der Waals surface area contributed by atoms with E-state index in [1.54, 1.807) is 0 Å². The van der Waals surface area contributed by atoms with E-state index in [1.165, 1.54) is 27.9 Å². The average Bonchev–Trinajstić information content (AvgIpc) is 2.41. The summed E-state index contributed by atoms with van der Waals surface area (Å²) >= 11 is 0. The lowest BCUT2D eigenvalue weighted by Crippen LogP contribution is -2.21. The molecular formula is C17H22N2. The summed E-state index contributed by atoms with van der Waals surface area (Å²) < 4.78 is 0. The van der Waals surface area contributed by atoms with Crippen LogP contribution in [0.1, 0.15) is 34.0 Å². The van der Waals surface area contributed by atoms with Crippen LogP contribution in [-0.2, 0) is 6.42 Å². The van der Waals surface area contributed by atoms with Crippen molar-refractivity contribution in [3.8, 4) is 0 Å². The van der Waals surface area contributed by atoms with Crippen LogP contribution in [0.25, 0.3) is 0 Å². The predicted molar refractivity (Wildman–Crippen MR) is 80.4 cm³/mol. The van der Waals surface area contributed by atoms with Gasteiger partial charge in [-0.05, 0) is 50.6 Å². The summed E-state index contributed by atoms with van der Waals surface area (Å²) in [5, 5.41) is 3.42. The number of rotatable bonds is 4. The Morgan fingerprint density at radius 1 is 1.11 bits per heavy atom. The normalized spacial score (nSPS) is 12.4. The van der Waals surface area contributed by atoms with E-state index in [0.717, 1.165) is 6.42 Å². The third-order valence-electron chi connectivity index (χ3n) is 3.67. The van der Waals surface area contributed by atoms with Gasteiger partial charge >= 0.3 is 0 Å². The zero-order valence-corrected chi connectivity index (χ0v) is 12.2. The van der Waals surface area contributed by atoms with Gasteiger partial charge in [0.2, 0.25) is 0 Å². The summed E-state index contributed by atoms with van der Waals surface area (Å²) in [7, 11) is 2.02. The lowest BCUT2D eigenvalue weighted by molar-refractivity contribution is 0.579. The molecule has 0 amide bonds. The molecule has 2 heteroatoms. The van der Waals surface area contributed by atoms with Crippen molar-refractivity contribution in [2.45, 2.75) is 33.2 Å². The zero-order chi connectivity index (χ0) is 13.8. The Bertz CT molecular complexity index is 561. The molecule has 100 valence electrons. The molecule has 1 aromatic carbocycles. The van der Waals surface area contributed by atoms with Crippen LogP contribution in [0.15, 0.2) is 36.5 Å². The average molecular weight is 254 g/mol. The van der Waals surface area contributed by atoms with Crippen molar-refractivity contribution >= 4 is 0 Å². The molecule has 0 saturated carbocycles. The number of pyridine rings is 1. The van der Waals surface area contributed by atoms with Crippen molar-refractivity contribution in [3.05, 3.63) is 64.5 Å². The van der Waals surface area contributed by atoms with E-state index in [9.17, 15) is 0 Å². The molecule has 1 unspecified atom stereocenters. The van der Waals surface area contributed by atoms with E-state index in [-0.39, 0.29) is 0 Å². The number of aryl methyl sites for hydroxylation is 3. The Labute approximate surface area is 115 Å². The molecule has 1 heterocycles. The number of hydrogen-bond donors (Lipinski definition) is 1. The molecule has 2 rings (SSSR count). The van der Waals surface area contributed by atoms with Crippen molar-refractivity contribution in [1.29, 1.82) is 0 Å². The molecule has 0 aliphatic carbocycles. The summed E-state index contributed by atoms with van der Waals surface area (Å²) in [4.78, 5) is 4.50. The third kappa shape index (κ3) is 3.21. The van der Waals surface area contributed by atoms with E-state index in [0.29, 0.717) is 6.04 Å². The minimum atomic E-state index is 0.313. The first-order chi connectivity index (χ1) is 9.11. The fourth-order valence-corrected chi connectivity index (χ4v) is 2.43. The van der Waals surface area contributed by atoms with Crippen LogP contribution in [0, 0.1) is 20.8 Å². The molecule has 1 aromatic heterocycles. The van der Waals surface area contributed by atoms with E-state index < -0.39 is 0 Å². The van der Waals surface area contributed by atoms with Crippen molar-refractivity contribution in [2.75, 3.05) is 7.05 Å². The first-order valence-corrected chi connectivity index (χ1v) is 6.76. The van der Waals surface area contributed by atoms with Gasteiger partial charge in [0.05, 0.1) is 0 Å².